The number of hydrogen-bond acceptors (Lipinski definition) is 1. The number of ether oxygens (including phenoxy) is 1. The Morgan fingerprint density at radius 2 is 1.93 bits per heavy atom. The molecule has 1 unspecified atom stereocenters. The highest BCUT2D eigenvalue weighted by Crippen LogP contribution is 2.19. The van der Waals surface area contributed by atoms with Gasteiger partial charge in [0.05, 0.1) is 6.10 Å². The molecule has 0 heterocycles. The van der Waals surface area contributed by atoms with E-state index in [9.17, 15) is 0 Å². The normalized spacial score (nSPS) is 12.7. The SMILES string of the molecule is CCCCCOC(CI)c1ccccc1. The molecule has 1 nitrogen and oxygen atoms in total. The third-order valence-corrected chi connectivity index (χ3v) is 3.18. The zero-order valence-electron chi connectivity index (χ0n) is 9.29. The minimum Gasteiger partial charge on any atom is -0.373 e. The Morgan fingerprint density at radius 3 is 2.53 bits per heavy atom. The van der Waals surface area contributed by atoms with Gasteiger partial charge < -0.3 is 4.74 Å². The lowest BCUT2D eigenvalue weighted by Gasteiger charge is -2.15. The lowest BCUT2D eigenvalue weighted by Crippen LogP contribution is -2.06. The molecule has 84 valence electrons. The van der Waals surface area contributed by atoms with E-state index < -0.39 is 0 Å². The van der Waals surface area contributed by atoms with Crippen molar-refractivity contribution in [1.82, 2.24) is 0 Å². The highest BCUT2D eigenvalue weighted by atomic mass is 127. The maximum absolute atomic E-state index is 5.87. The topological polar surface area (TPSA) is 9.23 Å². The summed E-state index contributed by atoms with van der Waals surface area (Å²) in [6.45, 7) is 3.10. The van der Waals surface area contributed by atoms with Gasteiger partial charge in [-0.05, 0) is 12.0 Å². The van der Waals surface area contributed by atoms with Gasteiger partial charge in [-0.25, -0.2) is 0 Å². The molecule has 1 aromatic rings. The number of rotatable bonds is 7. The molecule has 0 fully saturated rings. The van der Waals surface area contributed by atoms with Gasteiger partial charge >= 0.3 is 0 Å². The van der Waals surface area contributed by atoms with Crippen molar-refractivity contribution >= 4 is 22.6 Å². The van der Waals surface area contributed by atoms with Crippen molar-refractivity contribution in [1.29, 1.82) is 0 Å². The van der Waals surface area contributed by atoms with E-state index in [4.69, 9.17) is 4.74 Å². The summed E-state index contributed by atoms with van der Waals surface area (Å²) in [6.07, 6.45) is 3.96. The number of halogens is 1. The Bertz CT molecular complexity index is 248. The zero-order chi connectivity index (χ0) is 10.9. The number of benzene rings is 1. The molecule has 0 N–H and O–H groups in total. The van der Waals surface area contributed by atoms with Crippen LogP contribution in [0, 0.1) is 0 Å². The first-order valence-corrected chi connectivity index (χ1v) is 7.13. The van der Waals surface area contributed by atoms with Crippen LogP contribution in [-0.4, -0.2) is 11.0 Å². The summed E-state index contributed by atoms with van der Waals surface area (Å²) < 4.78 is 6.89. The first kappa shape index (κ1) is 13.0. The predicted molar refractivity (Wildman–Crippen MR) is 73.5 cm³/mol. The molecule has 0 bridgehead atoms. The summed E-state index contributed by atoms with van der Waals surface area (Å²) >= 11 is 2.39. The second-order valence-electron chi connectivity index (χ2n) is 3.63. The second-order valence-corrected chi connectivity index (χ2v) is 4.51. The van der Waals surface area contributed by atoms with E-state index >= 15 is 0 Å². The number of unbranched alkanes of at least 4 members (excludes halogenated alkanes) is 2. The number of hydrogen-bond donors (Lipinski definition) is 0. The second kappa shape index (κ2) is 8.11. The fourth-order valence-electron chi connectivity index (χ4n) is 1.48. The molecule has 0 aliphatic heterocycles. The average Bonchev–Trinajstić information content (AvgIpc) is 2.30. The van der Waals surface area contributed by atoms with Gasteiger partial charge in [-0.2, -0.15) is 0 Å². The lowest BCUT2D eigenvalue weighted by atomic mass is 10.1. The van der Waals surface area contributed by atoms with E-state index in [-0.39, 0.29) is 6.10 Å². The van der Waals surface area contributed by atoms with E-state index in [1.165, 1.54) is 24.8 Å². The summed E-state index contributed by atoms with van der Waals surface area (Å²) in [5.74, 6) is 0. The van der Waals surface area contributed by atoms with Crippen LogP contribution in [0.5, 0.6) is 0 Å². The van der Waals surface area contributed by atoms with Crippen molar-refractivity contribution in [2.24, 2.45) is 0 Å². The van der Waals surface area contributed by atoms with Crippen LogP contribution in [0.3, 0.4) is 0 Å². The molecule has 0 aliphatic carbocycles. The van der Waals surface area contributed by atoms with Crippen molar-refractivity contribution in [2.45, 2.75) is 32.3 Å². The van der Waals surface area contributed by atoms with E-state index in [1.807, 2.05) is 6.07 Å². The van der Waals surface area contributed by atoms with Gasteiger partial charge in [0.25, 0.3) is 0 Å². The molecule has 1 aromatic carbocycles. The molecule has 2 heteroatoms. The minimum atomic E-state index is 0.267. The Kier molecular flexibility index (Phi) is 7.01. The molecular weight excluding hydrogens is 299 g/mol. The summed E-state index contributed by atoms with van der Waals surface area (Å²) in [7, 11) is 0. The van der Waals surface area contributed by atoms with E-state index in [1.54, 1.807) is 0 Å². The van der Waals surface area contributed by atoms with Crippen LogP contribution in [0.2, 0.25) is 0 Å². The minimum absolute atomic E-state index is 0.267. The van der Waals surface area contributed by atoms with Crippen LogP contribution in [0.15, 0.2) is 30.3 Å². The summed E-state index contributed by atoms with van der Waals surface area (Å²) in [4.78, 5) is 0. The highest BCUT2D eigenvalue weighted by Gasteiger charge is 2.08. The fraction of sp³-hybridized carbons (Fsp3) is 0.538. The smallest absolute Gasteiger partial charge is 0.0914 e. The molecule has 15 heavy (non-hydrogen) atoms. The molecule has 1 atom stereocenters. The molecule has 0 saturated carbocycles. The largest absolute Gasteiger partial charge is 0.373 e. The van der Waals surface area contributed by atoms with Crippen LogP contribution in [-0.2, 0) is 4.74 Å². The quantitative estimate of drug-likeness (QED) is 0.412. The van der Waals surface area contributed by atoms with Gasteiger partial charge in [-0.15, -0.1) is 0 Å². The van der Waals surface area contributed by atoms with Crippen molar-refractivity contribution in [2.75, 3.05) is 11.0 Å². The highest BCUT2D eigenvalue weighted by molar-refractivity contribution is 14.1. The van der Waals surface area contributed by atoms with Crippen molar-refractivity contribution in [3.05, 3.63) is 35.9 Å². The van der Waals surface area contributed by atoms with E-state index in [0.717, 1.165) is 11.0 Å². The van der Waals surface area contributed by atoms with Crippen molar-refractivity contribution in [3.8, 4) is 0 Å². The molecule has 0 radical (unpaired) electrons. The van der Waals surface area contributed by atoms with E-state index in [0.29, 0.717) is 0 Å². The van der Waals surface area contributed by atoms with Crippen LogP contribution in [0.1, 0.15) is 37.9 Å². The summed E-state index contributed by atoms with van der Waals surface area (Å²) in [6, 6.07) is 10.5. The molecule has 0 aliphatic rings. The monoisotopic (exact) mass is 318 g/mol. The van der Waals surface area contributed by atoms with Crippen LogP contribution >= 0.6 is 22.6 Å². The van der Waals surface area contributed by atoms with Gasteiger partial charge in [-0.1, -0.05) is 72.7 Å². The van der Waals surface area contributed by atoms with Crippen LogP contribution < -0.4 is 0 Å². The first-order valence-electron chi connectivity index (χ1n) is 5.61. The third kappa shape index (κ3) is 4.98. The van der Waals surface area contributed by atoms with Crippen LogP contribution in [0.25, 0.3) is 0 Å². The summed E-state index contributed by atoms with van der Waals surface area (Å²) in [5, 5.41) is 0. The molecular formula is C13H19IO. The third-order valence-electron chi connectivity index (χ3n) is 2.38. The molecule has 0 spiro atoms. The Morgan fingerprint density at radius 1 is 1.20 bits per heavy atom. The number of alkyl halides is 1. The Hall–Kier alpha value is -0.0900. The molecule has 0 amide bonds. The van der Waals surface area contributed by atoms with Crippen molar-refractivity contribution < 1.29 is 4.74 Å². The Labute approximate surface area is 106 Å². The lowest BCUT2D eigenvalue weighted by molar-refractivity contribution is 0.0681. The van der Waals surface area contributed by atoms with Gasteiger partial charge in [0, 0.05) is 11.0 Å². The standard InChI is InChI=1S/C13H19IO/c1-2-3-7-10-15-13(11-14)12-8-5-4-6-9-12/h4-6,8-9,13H,2-3,7,10-11H2,1H3. The molecule has 0 saturated heterocycles. The van der Waals surface area contributed by atoms with E-state index in [2.05, 4.69) is 53.8 Å². The predicted octanol–water partition coefficient (Wildman–Crippen LogP) is 4.37. The van der Waals surface area contributed by atoms with Crippen molar-refractivity contribution in [3.63, 3.8) is 0 Å². The zero-order valence-corrected chi connectivity index (χ0v) is 11.4. The molecule has 1 rings (SSSR count). The van der Waals surface area contributed by atoms with Crippen LogP contribution in [0.4, 0.5) is 0 Å². The maximum atomic E-state index is 5.87. The fourth-order valence-corrected chi connectivity index (χ4v) is 2.24. The van der Waals surface area contributed by atoms with Gasteiger partial charge in [-0.3, -0.25) is 0 Å². The van der Waals surface area contributed by atoms with Gasteiger partial charge in [0.15, 0.2) is 0 Å². The maximum Gasteiger partial charge on any atom is 0.0914 e. The Balaban J connectivity index is 2.36. The van der Waals surface area contributed by atoms with Gasteiger partial charge in [0.1, 0.15) is 0 Å². The molecule has 0 aromatic heterocycles. The first-order chi connectivity index (χ1) is 7.38. The van der Waals surface area contributed by atoms with Gasteiger partial charge in [0.2, 0.25) is 0 Å². The summed E-state index contributed by atoms with van der Waals surface area (Å²) in [5.41, 5.74) is 1.29. The average molecular weight is 318 g/mol.